The number of aromatic hydroxyl groups is 1. The molecule has 0 unspecified atom stereocenters. The molecule has 0 saturated carbocycles. The van der Waals surface area contributed by atoms with E-state index in [2.05, 4.69) is 10.3 Å². The van der Waals surface area contributed by atoms with Gasteiger partial charge in [-0.05, 0) is 49.2 Å². The monoisotopic (exact) mass is 281 g/mol. The Bertz CT molecular complexity index is 837. The van der Waals surface area contributed by atoms with E-state index in [1.807, 2.05) is 38.2 Å². The molecule has 0 aliphatic carbocycles. The molecule has 0 atom stereocenters. The summed E-state index contributed by atoms with van der Waals surface area (Å²) in [5.74, 6) is -0.307. The summed E-state index contributed by atoms with van der Waals surface area (Å²) in [4.78, 5) is 16.5. The standard InChI is InChI=1S/C16H15N3O2/c1-10-3-4-12(14(20)7-10)18-16(21)13-9-19-6-5-11(2)8-15(19)17-13/h3-9,20H,1-2H3,(H,18,21). The second-order valence-corrected chi connectivity index (χ2v) is 5.07. The number of carbonyl (C=O) groups is 1. The van der Waals surface area contributed by atoms with Crippen molar-refractivity contribution in [2.75, 3.05) is 5.32 Å². The number of carbonyl (C=O) groups excluding carboxylic acids is 1. The zero-order valence-electron chi connectivity index (χ0n) is 11.8. The summed E-state index contributed by atoms with van der Waals surface area (Å²) in [7, 11) is 0. The summed E-state index contributed by atoms with van der Waals surface area (Å²) >= 11 is 0. The Labute approximate surface area is 121 Å². The molecule has 0 spiro atoms. The number of hydrogen-bond acceptors (Lipinski definition) is 3. The smallest absolute Gasteiger partial charge is 0.275 e. The molecule has 106 valence electrons. The molecule has 1 aromatic carbocycles. The number of fused-ring (bicyclic) bond motifs is 1. The van der Waals surface area contributed by atoms with Crippen molar-refractivity contribution in [1.82, 2.24) is 9.38 Å². The van der Waals surface area contributed by atoms with Crippen LogP contribution >= 0.6 is 0 Å². The van der Waals surface area contributed by atoms with Crippen LogP contribution in [0.2, 0.25) is 0 Å². The molecular weight excluding hydrogens is 266 g/mol. The predicted molar refractivity (Wildman–Crippen MR) is 80.7 cm³/mol. The number of aryl methyl sites for hydroxylation is 2. The Morgan fingerprint density at radius 2 is 1.95 bits per heavy atom. The van der Waals surface area contributed by atoms with Gasteiger partial charge in [-0.25, -0.2) is 4.98 Å². The van der Waals surface area contributed by atoms with Crippen LogP contribution in [0, 0.1) is 13.8 Å². The molecule has 2 aromatic heterocycles. The summed E-state index contributed by atoms with van der Waals surface area (Å²) in [5, 5.41) is 12.5. The van der Waals surface area contributed by atoms with Gasteiger partial charge in [-0.1, -0.05) is 6.07 Å². The molecule has 0 fully saturated rings. The molecule has 5 heteroatoms. The SMILES string of the molecule is Cc1ccc(NC(=O)c2cn3ccc(C)cc3n2)c(O)c1. The quantitative estimate of drug-likeness (QED) is 0.710. The molecule has 0 radical (unpaired) electrons. The third kappa shape index (κ3) is 2.58. The lowest BCUT2D eigenvalue weighted by atomic mass is 10.2. The predicted octanol–water partition coefficient (Wildman–Crippen LogP) is 2.91. The van der Waals surface area contributed by atoms with Crippen molar-refractivity contribution in [1.29, 1.82) is 0 Å². The summed E-state index contributed by atoms with van der Waals surface area (Å²) in [6.07, 6.45) is 3.52. The van der Waals surface area contributed by atoms with Crippen molar-refractivity contribution < 1.29 is 9.90 Å². The number of nitrogens with one attached hydrogen (secondary N) is 1. The van der Waals surface area contributed by atoms with E-state index in [0.717, 1.165) is 11.1 Å². The fourth-order valence-electron chi connectivity index (χ4n) is 2.13. The molecule has 1 amide bonds. The van der Waals surface area contributed by atoms with Crippen molar-refractivity contribution >= 4 is 17.2 Å². The van der Waals surface area contributed by atoms with Crippen LogP contribution in [0.1, 0.15) is 21.6 Å². The molecular formula is C16H15N3O2. The summed E-state index contributed by atoms with van der Waals surface area (Å²) in [6, 6.07) is 8.94. The normalized spacial score (nSPS) is 10.8. The second kappa shape index (κ2) is 4.94. The highest BCUT2D eigenvalue weighted by atomic mass is 16.3. The Balaban J connectivity index is 1.89. The fraction of sp³-hybridized carbons (Fsp3) is 0.125. The lowest BCUT2D eigenvalue weighted by Crippen LogP contribution is -2.12. The van der Waals surface area contributed by atoms with Crippen LogP contribution in [-0.2, 0) is 0 Å². The second-order valence-electron chi connectivity index (χ2n) is 5.07. The molecule has 0 bridgehead atoms. The molecule has 0 aliphatic heterocycles. The van der Waals surface area contributed by atoms with E-state index >= 15 is 0 Å². The molecule has 3 rings (SSSR count). The number of imidazole rings is 1. The number of hydrogen-bond donors (Lipinski definition) is 2. The third-order valence-corrected chi connectivity index (χ3v) is 3.25. The summed E-state index contributed by atoms with van der Waals surface area (Å²) < 4.78 is 1.79. The van der Waals surface area contributed by atoms with Gasteiger partial charge in [0, 0.05) is 12.4 Å². The topological polar surface area (TPSA) is 66.6 Å². The number of aromatic nitrogens is 2. The minimum absolute atomic E-state index is 0.0444. The van der Waals surface area contributed by atoms with Crippen molar-refractivity contribution in [3.05, 3.63) is 59.5 Å². The minimum atomic E-state index is -0.351. The average Bonchev–Trinajstić information content (AvgIpc) is 2.85. The maximum Gasteiger partial charge on any atom is 0.275 e. The number of benzene rings is 1. The number of phenolic OH excluding ortho intramolecular Hbond substituents is 1. The van der Waals surface area contributed by atoms with Gasteiger partial charge in [0.05, 0.1) is 5.69 Å². The van der Waals surface area contributed by atoms with Gasteiger partial charge >= 0.3 is 0 Å². The number of pyridine rings is 1. The van der Waals surface area contributed by atoms with E-state index in [4.69, 9.17) is 0 Å². The number of amides is 1. The largest absolute Gasteiger partial charge is 0.506 e. The molecule has 3 aromatic rings. The van der Waals surface area contributed by atoms with Crippen LogP contribution in [0.25, 0.3) is 5.65 Å². The van der Waals surface area contributed by atoms with Crippen molar-refractivity contribution in [3.63, 3.8) is 0 Å². The first-order valence-corrected chi connectivity index (χ1v) is 6.59. The summed E-state index contributed by atoms with van der Waals surface area (Å²) in [5.41, 5.74) is 3.40. The maximum atomic E-state index is 12.2. The molecule has 21 heavy (non-hydrogen) atoms. The molecule has 2 N–H and O–H groups in total. The minimum Gasteiger partial charge on any atom is -0.506 e. The van der Waals surface area contributed by atoms with Gasteiger partial charge in [-0.15, -0.1) is 0 Å². The molecule has 5 nitrogen and oxygen atoms in total. The Kier molecular flexibility index (Phi) is 3.10. The van der Waals surface area contributed by atoms with E-state index in [9.17, 15) is 9.90 Å². The van der Waals surface area contributed by atoms with Gasteiger partial charge in [-0.2, -0.15) is 0 Å². The molecule has 2 heterocycles. The van der Waals surface area contributed by atoms with Crippen molar-refractivity contribution in [3.8, 4) is 5.75 Å². The highest BCUT2D eigenvalue weighted by Crippen LogP contribution is 2.24. The highest BCUT2D eigenvalue weighted by Gasteiger charge is 2.13. The fourth-order valence-corrected chi connectivity index (χ4v) is 2.13. The average molecular weight is 281 g/mol. The van der Waals surface area contributed by atoms with Crippen LogP contribution in [0.5, 0.6) is 5.75 Å². The van der Waals surface area contributed by atoms with E-state index in [-0.39, 0.29) is 11.7 Å². The Hall–Kier alpha value is -2.82. The number of rotatable bonds is 2. The number of nitrogens with zero attached hydrogens (tertiary/aromatic N) is 2. The first-order chi connectivity index (χ1) is 10.0. The van der Waals surface area contributed by atoms with Gasteiger partial charge < -0.3 is 14.8 Å². The van der Waals surface area contributed by atoms with Crippen LogP contribution in [0.4, 0.5) is 5.69 Å². The van der Waals surface area contributed by atoms with Crippen molar-refractivity contribution in [2.24, 2.45) is 0 Å². The summed E-state index contributed by atoms with van der Waals surface area (Å²) in [6.45, 7) is 3.84. The Morgan fingerprint density at radius 3 is 2.71 bits per heavy atom. The maximum absolute atomic E-state index is 12.2. The van der Waals surface area contributed by atoms with Crippen LogP contribution < -0.4 is 5.32 Å². The first-order valence-electron chi connectivity index (χ1n) is 6.59. The number of phenols is 1. The van der Waals surface area contributed by atoms with E-state index in [1.54, 1.807) is 22.7 Å². The number of anilines is 1. The lowest BCUT2D eigenvalue weighted by molar-refractivity contribution is 0.102. The lowest BCUT2D eigenvalue weighted by Gasteiger charge is -2.06. The third-order valence-electron chi connectivity index (χ3n) is 3.25. The highest BCUT2D eigenvalue weighted by molar-refractivity contribution is 6.04. The van der Waals surface area contributed by atoms with Crippen LogP contribution in [-0.4, -0.2) is 20.4 Å². The first kappa shape index (κ1) is 13.2. The van der Waals surface area contributed by atoms with Gasteiger partial charge in [0.25, 0.3) is 5.91 Å². The molecule has 0 aliphatic rings. The van der Waals surface area contributed by atoms with Gasteiger partial charge in [0.2, 0.25) is 0 Å². The van der Waals surface area contributed by atoms with Crippen LogP contribution in [0.3, 0.4) is 0 Å². The van der Waals surface area contributed by atoms with Crippen LogP contribution in [0.15, 0.2) is 42.7 Å². The van der Waals surface area contributed by atoms with Gasteiger partial charge in [0.15, 0.2) is 0 Å². The Morgan fingerprint density at radius 1 is 1.19 bits per heavy atom. The van der Waals surface area contributed by atoms with E-state index in [0.29, 0.717) is 17.0 Å². The zero-order valence-corrected chi connectivity index (χ0v) is 11.8. The zero-order chi connectivity index (χ0) is 15.0. The van der Waals surface area contributed by atoms with Crippen molar-refractivity contribution in [2.45, 2.75) is 13.8 Å². The molecule has 0 saturated heterocycles. The van der Waals surface area contributed by atoms with E-state index < -0.39 is 0 Å². The van der Waals surface area contributed by atoms with E-state index in [1.165, 1.54) is 0 Å². The van der Waals surface area contributed by atoms with Gasteiger partial charge in [-0.3, -0.25) is 4.79 Å². The van der Waals surface area contributed by atoms with Gasteiger partial charge in [0.1, 0.15) is 17.1 Å².